The molecule has 0 spiro atoms. The number of carboxylic acid groups (broad SMARTS) is 1. The number of rotatable bonds is 10. The molecule has 2 aromatic carbocycles. The van der Waals surface area contributed by atoms with Gasteiger partial charge in [-0.25, -0.2) is 18.1 Å². The summed E-state index contributed by atoms with van der Waals surface area (Å²) in [4.78, 5) is 28.8. The Morgan fingerprint density at radius 2 is 1.78 bits per heavy atom. The maximum absolute atomic E-state index is 13.0. The number of amides is 1. The Balaban J connectivity index is 1.35. The molecule has 1 saturated carbocycles. The molecule has 1 fully saturated rings. The quantitative estimate of drug-likeness (QED) is 0.366. The number of sulfonamides is 1. The molecular formula is C27H31N3O6S. The number of fused-ring (bicyclic) bond motifs is 1. The number of benzene rings is 2. The van der Waals surface area contributed by atoms with Gasteiger partial charge in [-0.3, -0.25) is 9.59 Å². The zero-order chi connectivity index (χ0) is 26.4. The van der Waals surface area contributed by atoms with E-state index in [1.54, 1.807) is 48.5 Å². The van der Waals surface area contributed by atoms with Crippen LogP contribution in [-0.4, -0.2) is 43.0 Å². The molecule has 1 atom stereocenters. The van der Waals surface area contributed by atoms with E-state index < -0.39 is 22.0 Å². The van der Waals surface area contributed by atoms with E-state index in [-0.39, 0.29) is 29.2 Å². The number of aliphatic carboxylic acids is 1. The Bertz CT molecular complexity index is 1360. The number of hydrogen-bond donors (Lipinski definition) is 3. The van der Waals surface area contributed by atoms with E-state index in [0.717, 1.165) is 5.56 Å². The molecule has 1 aromatic heterocycles. The number of pyridine rings is 1. The van der Waals surface area contributed by atoms with E-state index in [4.69, 9.17) is 4.74 Å². The molecule has 1 aliphatic carbocycles. The Morgan fingerprint density at radius 3 is 2.46 bits per heavy atom. The number of nitrogens with zero attached hydrogens (tertiary/aromatic N) is 1. The fourth-order valence-corrected chi connectivity index (χ4v) is 5.98. The van der Waals surface area contributed by atoms with Gasteiger partial charge in [0.05, 0.1) is 29.5 Å². The van der Waals surface area contributed by atoms with E-state index in [0.29, 0.717) is 49.1 Å². The molecule has 9 nitrogen and oxygen atoms in total. The van der Waals surface area contributed by atoms with Crippen molar-refractivity contribution < 1.29 is 27.9 Å². The molecule has 37 heavy (non-hydrogen) atoms. The summed E-state index contributed by atoms with van der Waals surface area (Å²) < 4.78 is 34.3. The van der Waals surface area contributed by atoms with Crippen LogP contribution in [0.15, 0.2) is 65.6 Å². The molecule has 0 saturated heterocycles. The number of hydrogen-bond acceptors (Lipinski definition) is 6. The van der Waals surface area contributed by atoms with E-state index in [1.807, 2.05) is 13.0 Å². The van der Waals surface area contributed by atoms with Crippen LogP contribution in [-0.2, 0) is 19.6 Å². The van der Waals surface area contributed by atoms with E-state index in [2.05, 4.69) is 15.0 Å². The smallest absolute Gasteiger partial charge is 0.305 e. The van der Waals surface area contributed by atoms with Gasteiger partial charge in [0, 0.05) is 23.4 Å². The third-order valence-corrected chi connectivity index (χ3v) is 8.07. The second-order valence-corrected chi connectivity index (χ2v) is 10.9. The predicted octanol–water partition coefficient (Wildman–Crippen LogP) is 3.80. The fourth-order valence-electron chi connectivity index (χ4n) is 4.64. The largest absolute Gasteiger partial charge is 0.481 e. The lowest BCUT2D eigenvalue weighted by molar-refractivity contribution is -0.138. The van der Waals surface area contributed by atoms with Crippen molar-refractivity contribution in [1.82, 2.24) is 15.0 Å². The summed E-state index contributed by atoms with van der Waals surface area (Å²) in [5, 5.41) is 12.8. The topological polar surface area (TPSA) is 135 Å². The molecule has 0 bridgehead atoms. The monoisotopic (exact) mass is 525 g/mol. The van der Waals surface area contributed by atoms with Crippen LogP contribution in [0.4, 0.5) is 0 Å². The highest BCUT2D eigenvalue weighted by Crippen LogP contribution is 2.28. The first-order chi connectivity index (χ1) is 17.7. The first-order valence-electron chi connectivity index (χ1n) is 12.4. The van der Waals surface area contributed by atoms with Gasteiger partial charge in [0.15, 0.2) is 0 Å². The van der Waals surface area contributed by atoms with Crippen molar-refractivity contribution in [2.24, 2.45) is 5.92 Å². The normalized spacial score (nSPS) is 18.7. The Hall–Kier alpha value is -3.50. The molecule has 196 valence electrons. The first-order valence-corrected chi connectivity index (χ1v) is 13.9. The highest BCUT2D eigenvalue weighted by atomic mass is 32.2. The molecule has 0 radical (unpaired) electrons. The number of nitrogens with one attached hydrogen (secondary N) is 2. The summed E-state index contributed by atoms with van der Waals surface area (Å²) in [6, 6.07) is 16.4. The van der Waals surface area contributed by atoms with Crippen molar-refractivity contribution >= 4 is 32.8 Å². The third kappa shape index (κ3) is 6.84. The lowest BCUT2D eigenvalue weighted by Gasteiger charge is -2.29. The van der Waals surface area contributed by atoms with Gasteiger partial charge in [0.1, 0.15) is 0 Å². The van der Waals surface area contributed by atoms with Gasteiger partial charge >= 0.3 is 5.97 Å². The molecule has 3 aromatic rings. The van der Waals surface area contributed by atoms with Crippen LogP contribution in [0.3, 0.4) is 0 Å². The van der Waals surface area contributed by atoms with Crippen molar-refractivity contribution in [2.75, 3.05) is 6.61 Å². The minimum Gasteiger partial charge on any atom is -0.481 e. The van der Waals surface area contributed by atoms with Crippen LogP contribution in [0.2, 0.25) is 0 Å². The minimum absolute atomic E-state index is 0.158. The molecule has 0 aliphatic heterocycles. The predicted molar refractivity (Wildman–Crippen MR) is 139 cm³/mol. The minimum atomic E-state index is -3.75. The zero-order valence-electron chi connectivity index (χ0n) is 20.6. The third-order valence-electron chi connectivity index (χ3n) is 6.55. The van der Waals surface area contributed by atoms with E-state index in [1.165, 1.54) is 6.07 Å². The first kappa shape index (κ1) is 26.6. The molecule has 4 rings (SSSR count). The van der Waals surface area contributed by atoms with Gasteiger partial charge in [-0.1, -0.05) is 30.3 Å². The summed E-state index contributed by atoms with van der Waals surface area (Å²) in [5.74, 6) is -1.01. The van der Waals surface area contributed by atoms with Crippen LogP contribution in [0.25, 0.3) is 10.9 Å². The SMILES string of the molecule is CCOc1ccc2cc(S(=O)(=O)N[C@H]3CC[C@H](C(=O)N[C@H](CC(=O)O)c4ccccc4)CC3)ccc2n1. The van der Waals surface area contributed by atoms with Crippen LogP contribution >= 0.6 is 0 Å². The lowest BCUT2D eigenvalue weighted by Crippen LogP contribution is -2.41. The number of aromatic nitrogens is 1. The van der Waals surface area contributed by atoms with Gasteiger partial charge in [-0.05, 0) is 62.4 Å². The molecule has 0 unspecified atom stereocenters. The molecule has 1 heterocycles. The van der Waals surface area contributed by atoms with E-state index in [9.17, 15) is 23.1 Å². The zero-order valence-corrected chi connectivity index (χ0v) is 21.4. The van der Waals surface area contributed by atoms with Crippen molar-refractivity contribution in [3.8, 4) is 5.88 Å². The van der Waals surface area contributed by atoms with Crippen LogP contribution < -0.4 is 14.8 Å². The standard InChI is InChI=1S/C27H31N3O6S/c1-2-36-25-15-10-20-16-22(13-14-23(20)28-25)37(34,35)30-21-11-8-19(9-12-21)27(33)29-24(17-26(31)32)18-6-4-3-5-7-18/h3-7,10,13-16,19,21,24,30H,2,8-9,11-12,17H2,1H3,(H,29,33)(H,31,32)/t19-,21-,24-/m1/s1. The number of carboxylic acids is 1. The van der Waals surface area contributed by atoms with Crippen LogP contribution in [0, 0.1) is 5.92 Å². The second-order valence-electron chi connectivity index (χ2n) is 9.18. The summed E-state index contributed by atoms with van der Waals surface area (Å²) in [6.45, 7) is 2.36. The molecular weight excluding hydrogens is 494 g/mol. The van der Waals surface area contributed by atoms with Gasteiger partial charge < -0.3 is 15.2 Å². The van der Waals surface area contributed by atoms with Gasteiger partial charge in [-0.2, -0.15) is 0 Å². The number of carbonyl (C=O) groups excluding carboxylic acids is 1. The Kier molecular flexibility index (Phi) is 8.40. The fraction of sp³-hybridized carbons (Fsp3) is 0.370. The number of carbonyl (C=O) groups is 2. The summed E-state index contributed by atoms with van der Waals surface area (Å²) in [7, 11) is -3.75. The lowest BCUT2D eigenvalue weighted by atomic mass is 9.85. The van der Waals surface area contributed by atoms with E-state index >= 15 is 0 Å². The van der Waals surface area contributed by atoms with Crippen molar-refractivity contribution in [3.05, 3.63) is 66.2 Å². The summed E-state index contributed by atoms with van der Waals surface area (Å²) in [5.41, 5.74) is 1.38. The van der Waals surface area contributed by atoms with Crippen molar-refractivity contribution in [3.63, 3.8) is 0 Å². The average molecular weight is 526 g/mol. The average Bonchev–Trinajstić information content (AvgIpc) is 2.88. The van der Waals surface area contributed by atoms with Gasteiger partial charge in [0.2, 0.25) is 21.8 Å². The molecule has 1 aliphatic rings. The van der Waals surface area contributed by atoms with Crippen LogP contribution in [0.5, 0.6) is 5.88 Å². The highest BCUT2D eigenvalue weighted by molar-refractivity contribution is 7.89. The van der Waals surface area contributed by atoms with Crippen LogP contribution in [0.1, 0.15) is 50.6 Å². The number of ether oxygens (including phenoxy) is 1. The van der Waals surface area contributed by atoms with Gasteiger partial charge in [0.25, 0.3) is 0 Å². The van der Waals surface area contributed by atoms with Crippen molar-refractivity contribution in [1.29, 1.82) is 0 Å². The highest BCUT2D eigenvalue weighted by Gasteiger charge is 2.30. The maximum Gasteiger partial charge on any atom is 0.305 e. The Morgan fingerprint density at radius 1 is 1.05 bits per heavy atom. The maximum atomic E-state index is 13.0. The molecule has 10 heteroatoms. The summed E-state index contributed by atoms with van der Waals surface area (Å²) >= 11 is 0. The second kappa shape index (κ2) is 11.7. The summed E-state index contributed by atoms with van der Waals surface area (Å²) in [6.07, 6.45) is 1.84. The van der Waals surface area contributed by atoms with Crippen molar-refractivity contribution in [2.45, 2.75) is 56.0 Å². The molecule has 1 amide bonds. The molecule has 3 N–H and O–H groups in total. The Labute approximate surface area is 216 Å². The van der Waals surface area contributed by atoms with Gasteiger partial charge in [-0.15, -0.1) is 0 Å².